The molecule has 2 aliphatic rings. The lowest BCUT2D eigenvalue weighted by Gasteiger charge is -2.31. The van der Waals surface area contributed by atoms with Crippen molar-refractivity contribution in [3.8, 4) is 0 Å². The summed E-state index contributed by atoms with van der Waals surface area (Å²) in [6, 6.07) is -0.443. The van der Waals surface area contributed by atoms with Gasteiger partial charge in [0.25, 0.3) is 0 Å². The van der Waals surface area contributed by atoms with Crippen LogP contribution in [0.4, 0.5) is 0 Å². The molecule has 0 aliphatic carbocycles. The van der Waals surface area contributed by atoms with E-state index in [0.29, 0.717) is 39.4 Å². The lowest BCUT2D eigenvalue weighted by molar-refractivity contribution is -0.140. The van der Waals surface area contributed by atoms with Crippen LogP contribution in [0.15, 0.2) is 0 Å². The number of halogens is 1. The monoisotopic (exact) mass is 277 g/mol. The van der Waals surface area contributed by atoms with Crippen LogP contribution in [0.25, 0.3) is 0 Å². The van der Waals surface area contributed by atoms with Crippen LogP contribution in [-0.4, -0.2) is 62.1 Å². The topological polar surface area (TPSA) is 70.7 Å². The fraction of sp³-hybridized carbons (Fsp3) is 0.818. The van der Waals surface area contributed by atoms with Crippen LogP contribution in [-0.2, 0) is 14.3 Å². The normalized spacial score (nSPS) is 21.5. The van der Waals surface area contributed by atoms with E-state index in [9.17, 15) is 9.59 Å². The maximum absolute atomic E-state index is 12.0. The van der Waals surface area contributed by atoms with Crippen molar-refractivity contribution in [1.82, 2.24) is 15.5 Å². The Bertz CT molecular complexity index is 304. The lowest BCUT2D eigenvalue weighted by Crippen LogP contribution is -2.56. The number of ether oxygens (including phenoxy) is 1. The van der Waals surface area contributed by atoms with E-state index in [1.165, 1.54) is 0 Å². The molecule has 0 aromatic heterocycles. The van der Waals surface area contributed by atoms with E-state index < -0.39 is 6.04 Å². The van der Waals surface area contributed by atoms with E-state index in [0.717, 1.165) is 0 Å². The molecule has 2 aliphatic heterocycles. The van der Waals surface area contributed by atoms with Crippen LogP contribution in [0.2, 0.25) is 0 Å². The molecule has 0 saturated carbocycles. The van der Waals surface area contributed by atoms with Gasteiger partial charge in [0.1, 0.15) is 6.04 Å². The van der Waals surface area contributed by atoms with Gasteiger partial charge in [-0.25, -0.2) is 0 Å². The number of hydrogen-bond donors (Lipinski definition) is 2. The van der Waals surface area contributed by atoms with Gasteiger partial charge in [0, 0.05) is 26.2 Å². The Morgan fingerprint density at radius 1 is 1.33 bits per heavy atom. The minimum atomic E-state index is -0.443. The van der Waals surface area contributed by atoms with Crippen LogP contribution >= 0.6 is 12.4 Å². The van der Waals surface area contributed by atoms with Gasteiger partial charge in [-0.3, -0.25) is 9.59 Å². The van der Waals surface area contributed by atoms with Crippen LogP contribution in [0.5, 0.6) is 0 Å². The van der Waals surface area contributed by atoms with Crippen molar-refractivity contribution < 1.29 is 14.3 Å². The molecule has 104 valence electrons. The molecule has 1 atom stereocenters. The van der Waals surface area contributed by atoms with Crippen LogP contribution < -0.4 is 10.6 Å². The first kappa shape index (κ1) is 15.2. The quantitative estimate of drug-likeness (QED) is 0.694. The number of nitrogens with one attached hydrogen (secondary N) is 2. The summed E-state index contributed by atoms with van der Waals surface area (Å²) < 4.78 is 5.19. The van der Waals surface area contributed by atoms with Crippen LogP contribution in [0.1, 0.15) is 6.92 Å². The minimum Gasteiger partial charge on any atom is -0.378 e. The molecule has 2 saturated heterocycles. The summed E-state index contributed by atoms with van der Waals surface area (Å²) in [5.41, 5.74) is 0. The highest BCUT2D eigenvalue weighted by atomic mass is 35.5. The number of carbonyl (C=O) groups excluding carboxylic acids is 2. The minimum absolute atomic E-state index is 0. The second kappa shape index (κ2) is 6.92. The summed E-state index contributed by atoms with van der Waals surface area (Å²) in [4.78, 5) is 25.4. The molecule has 2 fully saturated rings. The third-order valence-corrected chi connectivity index (χ3v) is 3.20. The molecule has 18 heavy (non-hydrogen) atoms. The van der Waals surface area contributed by atoms with E-state index in [1.807, 2.05) is 0 Å². The number of carbonyl (C=O) groups is 2. The molecule has 2 amide bonds. The predicted molar refractivity (Wildman–Crippen MR) is 68.6 cm³/mol. The van der Waals surface area contributed by atoms with E-state index in [2.05, 4.69) is 10.6 Å². The van der Waals surface area contributed by atoms with Crippen molar-refractivity contribution in [3.63, 3.8) is 0 Å². The molecular weight excluding hydrogens is 258 g/mol. The molecular formula is C11H20ClN3O3. The molecule has 0 bridgehead atoms. The maximum atomic E-state index is 12.0. The van der Waals surface area contributed by atoms with E-state index in [4.69, 9.17) is 4.74 Å². The largest absolute Gasteiger partial charge is 0.378 e. The number of morpholine rings is 1. The highest BCUT2D eigenvalue weighted by Gasteiger charge is 2.29. The zero-order valence-electron chi connectivity index (χ0n) is 10.5. The molecule has 2 N–H and O–H groups in total. The highest BCUT2D eigenvalue weighted by molar-refractivity contribution is 5.88. The first-order chi connectivity index (χ1) is 8.18. The number of nitrogens with zero attached hydrogens (tertiary/aromatic N) is 1. The Hall–Kier alpha value is -0.850. The van der Waals surface area contributed by atoms with Crippen molar-refractivity contribution >= 4 is 24.2 Å². The molecule has 2 heterocycles. The predicted octanol–water partition coefficient (Wildman–Crippen LogP) is -1.01. The first-order valence-corrected chi connectivity index (χ1v) is 6.06. The van der Waals surface area contributed by atoms with Gasteiger partial charge in [0.05, 0.1) is 19.1 Å². The lowest BCUT2D eigenvalue weighted by atomic mass is 10.0. The van der Waals surface area contributed by atoms with Gasteiger partial charge >= 0.3 is 0 Å². The zero-order chi connectivity index (χ0) is 12.3. The number of rotatable bonds is 3. The Balaban J connectivity index is 0.00000162. The zero-order valence-corrected chi connectivity index (χ0v) is 11.3. The third-order valence-electron chi connectivity index (χ3n) is 3.20. The average molecular weight is 278 g/mol. The van der Waals surface area contributed by atoms with Crippen LogP contribution in [0.3, 0.4) is 0 Å². The summed E-state index contributed by atoms with van der Waals surface area (Å²) in [5.74, 6) is -0.0262. The summed E-state index contributed by atoms with van der Waals surface area (Å²) in [6.45, 7) is 5.56. The van der Waals surface area contributed by atoms with Crippen molar-refractivity contribution in [2.24, 2.45) is 5.92 Å². The van der Waals surface area contributed by atoms with Crippen molar-refractivity contribution in [2.75, 3.05) is 39.4 Å². The molecule has 2 rings (SSSR count). The van der Waals surface area contributed by atoms with Crippen LogP contribution in [0, 0.1) is 5.92 Å². The fourth-order valence-corrected chi connectivity index (χ4v) is 1.92. The van der Waals surface area contributed by atoms with Gasteiger partial charge in [-0.2, -0.15) is 0 Å². The Labute approximate surface area is 113 Å². The Morgan fingerprint density at radius 3 is 2.44 bits per heavy atom. The molecule has 0 radical (unpaired) electrons. The summed E-state index contributed by atoms with van der Waals surface area (Å²) in [5, 5.41) is 5.80. The fourth-order valence-electron chi connectivity index (χ4n) is 1.92. The second-order valence-electron chi connectivity index (χ2n) is 4.52. The molecule has 0 aromatic carbocycles. The summed E-state index contributed by atoms with van der Waals surface area (Å²) in [7, 11) is 0. The maximum Gasteiger partial charge on any atom is 0.245 e. The Morgan fingerprint density at radius 2 is 1.94 bits per heavy atom. The van der Waals surface area contributed by atoms with Gasteiger partial charge in [0.2, 0.25) is 11.8 Å². The van der Waals surface area contributed by atoms with Gasteiger partial charge in [-0.1, -0.05) is 0 Å². The second-order valence-corrected chi connectivity index (χ2v) is 4.52. The molecule has 6 nitrogen and oxygen atoms in total. The molecule has 7 heteroatoms. The van der Waals surface area contributed by atoms with Crippen molar-refractivity contribution in [3.05, 3.63) is 0 Å². The van der Waals surface area contributed by atoms with E-state index in [-0.39, 0.29) is 30.1 Å². The number of amides is 2. The Kier molecular flexibility index (Phi) is 5.84. The van der Waals surface area contributed by atoms with E-state index >= 15 is 0 Å². The molecule has 0 spiro atoms. The van der Waals surface area contributed by atoms with Gasteiger partial charge in [-0.05, 0) is 6.92 Å². The van der Waals surface area contributed by atoms with Crippen molar-refractivity contribution in [1.29, 1.82) is 0 Å². The van der Waals surface area contributed by atoms with Gasteiger partial charge < -0.3 is 20.3 Å². The van der Waals surface area contributed by atoms with Gasteiger partial charge in [-0.15, -0.1) is 12.4 Å². The van der Waals surface area contributed by atoms with E-state index in [1.54, 1.807) is 11.8 Å². The third kappa shape index (κ3) is 3.57. The average Bonchev–Trinajstić information content (AvgIpc) is 2.26. The number of hydrogen-bond acceptors (Lipinski definition) is 4. The highest BCUT2D eigenvalue weighted by Crippen LogP contribution is 2.05. The SMILES string of the molecule is CC(NC(=O)C1CNC1)C(=O)N1CCOCC1.Cl. The summed E-state index contributed by atoms with van der Waals surface area (Å²) >= 11 is 0. The van der Waals surface area contributed by atoms with Gasteiger partial charge in [0.15, 0.2) is 0 Å². The standard InChI is InChI=1S/C11H19N3O3.ClH/c1-8(13-10(15)9-6-12-7-9)11(16)14-2-4-17-5-3-14;/h8-9,12H,2-7H2,1H3,(H,13,15);1H. The molecule has 1 unspecified atom stereocenters. The molecule has 0 aromatic rings. The smallest absolute Gasteiger partial charge is 0.245 e. The van der Waals surface area contributed by atoms with Crippen molar-refractivity contribution in [2.45, 2.75) is 13.0 Å². The first-order valence-electron chi connectivity index (χ1n) is 6.06. The summed E-state index contributed by atoms with van der Waals surface area (Å²) in [6.07, 6.45) is 0.